The lowest BCUT2D eigenvalue weighted by Crippen LogP contribution is -2.36. The lowest BCUT2D eigenvalue weighted by molar-refractivity contribution is -0.141. The molecule has 0 aliphatic carbocycles. The maximum atomic E-state index is 12.6. The molecule has 0 saturated carbocycles. The Balaban J connectivity index is 2.23. The fraction of sp³-hybridized carbons (Fsp3) is 0.294. The SMILES string of the molecule is Cc1ccoc1C(=O)N(Cc1ccccc1)C[C@@H](C)C(=O)O. The monoisotopic (exact) mass is 301 g/mol. The minimum absolute atomic E-state index is 0.128. The Bertz CT molecular complexity index is 648. The summed E-state index contributed by atoms with van der Waals surface area (Å²) in [7, 11) is 0. The van der Waals surface area contributed by atoms with Crippen LogP contribution < -0.4 is 0 Å². The first-order chi connectivity index (χ1) is 10.5. The maximum Gasteiger partial charge on any atom is 0.308 e. The Labute approximate surface area is 129 Å². The van der Waals surface area contributed by atoms with Gasteiger partial charge >= 0.3 is 5.97 Å². The number of hydrogen-bond donors (Lipinski definition) is 1. The molecule has 2 aromatic rings. The van der Waals surface area contributed by atoms with Crippen molar-refractivity contribution in [3.63, 3.8) is 0 Å². The average molecular weight is 301 g/mol. The Hall–Kier alpha value is -2.56. The number of aryl methyl sites for hydroxylation is 1. The molecule has 5 nitrogen and oxygen atoms in total. The lowest BCUT2D eigenvalue weighted by atomic mass is 10.1. The van der Waals surface area contributed by atoms with Crippen LogP contribution in [0.4, 0.5) is 0 Å². The summed E-state index contributed by atoms with van der Waals surface area (Å²) in [5, 5.41) is 9.10. The van der Waals surface area contributed by atoms with Crippen molar-refractivity contribution in [2.24, 2.45) is 5.92 Å². The highest BCUT2D eigenvalue weighted by Crippen LogP contribution is 2.16. The van der Waals surface area contributed by atoms with Gasteiger partial charge in [-0.05, 0) is 18.6 Å². The van der Waals surface area contributed by atoms with Crippen molar-refractivity contribution in [3.8, 4) is 0 Å². The quantitative estimate of drug-likeness (QED) is 0.890. The van der Waals surface area contributed by atoms with Crippen LogP contribution in [-0.2, 0) is 11.3 Å². The number of carbonyl (C=O) groups excluding carboxylic acids is 1. The Morgan fingerprint density at radius 1 is 1.23 bits per heavy atom. The van der Waals surface area contributed by atoms with E-state index in [0.29, 0.717) is 6.54 Å². The van der Waals surface area contributed by atoms with E-state index in [1.54, 1.807) is 19.9 Å². The highest BCUT2D eigenvalue weighted by Gasteiger charge is 2.24. The first-order valence-corrected chi connectivity index (χ1v) is 7.09. The number of rotatable bonds is 6. The highest BCUT2D eigenvalue weighted by atomic mass is 16.4. The number of aliphatic carboxylic acids is 1. The van der Waals surface area contributed by atoms with Crippen molar-refractivity contribution in [1.82, 2.24) is 4.90 Å². The molecule has 0 fully saturated rings. The molecule has 22 heavy (non-hydrogen) atoms. The van der Waals surface area contributed by atoms with E-state index in [0.717, 1.165) is 11.1 Å². The fourth-order valence-electron chi connectivity index (χ4n) is 2.17. The van der Waals surface area contributed by atoms with E-state index in [1.165, 1.54) is 11.2 Å². The van der Waals surface area contributed by atoms with Gasteiger partial charge in [-0.25, -0.2) is 0 Å². The van der Waals surface area contributed by atoms with Crippen LogP contribution in [0.25, 0.3) is 0 Å². The number of hydrogen-bond acceptors (Lipinski definition) is 3. The molecule has 1 amide bonds. The van der Waals surface area contributed by atoms with Crippen molar-refractivity contribution < 1.29 is 19.1 Å². The Morgan fingerprint density at radius 3 is 2.45 bits per heavy atom. The van der Waals surface area contributed by atoms with Gasteiger partial charge < -0.3 is 14.4 Å². The van der Waals surface area contributed by atoms with Crippen LogP contribution in [-0.4, -0.2) is 28.4 Å². The topological polar surface area (TPSA) is 70.8 Å². The zero-order valence-corrected chi connectivity index (χ0v) is 12.7. The molecule has 1 atom stereocenters. The summed E-state index contributed by atoms with van der Waals surface area (Å²) in [6.07, 6.45) is 1.46. The Kier molecular flexibility index (Phi) is 4.99. The summed E-state index contributed by atoms with van der Waals surface area (Å²) in [6, 6.07) is 11.2. The normalized spacial score (nSPS) is 11.9. The van der Waals surface area contributed by atoms with E-state index in [2.05, 4.69) is 0 Å². The van der Waals surface area contributed by atoms with Gasteiger partial charge in [0, 0.05) is 18.7 Å². The zero-order chi connectivity index (χ0) is 16.1. The van der Waals surface area contributed by atoms with E-state index in [-0.39, 0.29) is 18.2 Å². The summed E-state index contributed by atoms with van der Waals surface area (Å²) in [5.41, 5.74) is 1.68. The van der Waals surface area contributed by atoms with Gasteiger partial charge in [-0.15, -0.1) is 0 Å². The van der Waals surface area contributed by atoms with Gasteiger partial charge in [0.2, 0.25) is 0 Å². The van der Waals surface area contributed by atoms with Crippen LogP contribution >= 0.6 is 0 Å². The van der Waals surface area contributed by atoms with E-state index in [9.17, 15) is 9.59 Å². The third-order valence-corrected chi connectivity index (χ3v) is 3.48. The zero-order valence-electron chi connectivity index (χ0n) is 12.7. The molecule has 2 rings (SSSR count). The molecule has 0 radical (unpaired) electrons. The smallest absolute Gasteiger partial charge is 0.308 e. The fourth-order valence-corrected chi connectivity index (χ4v) is 2.17. The van der Waals surface area contributed by atoms with Crippen LogP contribution in [0.1, 0.15) is 28.6 Å². The second kappa shape index (κ2) is 6.93. The molecule has 1 N–H and O–H groups in total. The van der Waals surface area contributed by atoms with Gasteiger partial charge in [-0.3, -0.25) is 9.59 Å². The molecule has 1 heterocycles. The maximum absolute atomic E-state index is 12.6. The largest absolute Gasteiger partial charge is 0.481 e. The third-order valence-electron chi connectivity index (χ3n) is 3.48. The summed E-state index contributed by atoms with van der Waals surface area (Å²) in [4.78, 5) is 25.2. The molecule has 0 aliphatic rings. The number of nitrogens with zero attached hydrogens (tertiary/aromatic N) is 1. The molecule has 0 aliphatic heterocycles. The number of amides is 1. The van der Waals surface area contributed by atoms with E-state index in [4.69, 9.17) is 9.52 Å². The minimum Gasteiger partial charge on any atom is -0.481 e. The van der Waals surface area contributed by atoms with Crippen molar-refractivity contribution in [3.05, 3.63) is 59.5 Å². The van der Waals surface area contributed by atoms with E-state index >= 15 is 0 Å². The number of furan rings is 1. The summed E-state index contributed by atoms with van der Waals surface area (Å²) in [5.74, 6) is -1.61. The van der Waals surface area contributed by atoms with E-state index < -0.39 is 11.9 Å². The molecule has 0 unspecified atom stereocenters. The second-order valence-electron chi connectivity index (χ2n) is 5.34. The molecule has 1 aromatic carbocycles. The lowest BCUT2D eigenvalue weighted by Gasteiger charge is -2.24. The molecule has 5 heteroatoms. The predicted molar refractivity (Wildman–Crippen MR) is 81.4 cm³/mol. The number of carboxylic acids is 1. The number of carboxylic acid groups (broad SMARTS) is 1. The van der Waals surface area contributed by atoms with Gasteiger partial charge in [0.05, 0.1) is 12.2 Å². The number of benzene rings is 1. The molecule has 0 saturated heterocycles. The molecular formula is C17H19NO4. The van der Waals surface area contributed by atoms with Crippen LogP contribution in [0.15, 0.2) is 47.1 Å². The molecule has 116 valence electrons. The van der Waals surface area contributed by atoms with Gasteiger partial charge in [0.25, 0.3) is 5.91 Å². The summed E-state index contributed by atoms with van der Waals surface area (Å²) >= 11 is 0. The molecular weight excluding hydrogens is 282 g/mol. The van der Waals surface area contributed by atoms with Gasteiger partial charge in [0.1, 0.15) is 0 Å². The average Bonchev–Trinajstić information content (AvgIpc) is 2.92. The standard InChI is InChI=1S/C17H19NO4/c1-12-8-9-22-15(12)16(19)18(10-13(2)17(20)21)11-14-6-4-3-5-7-14/h3-9,13H,10-11H2,1-2H3,(H,20,21)/t13-/m1/s1. The van der Waals surface area contributed by atoms with Gasteiger partial charge in [0.15, 0.2) is 5.76 Å². The third kappa shape index (κ3) is 3.75. The van der Waals surface area contributed by atoms with Crippen molar-refractivity contribution in [2.45, 2.75) is 20.4 Å². The van der Waals surface area contributed by atoms with Gasteiger partial charge in [-0.1, -0.05) is 37.3 Å². The van der Waals surface area contributed by atoms with Crippen molar-refractivity contribution in [2.75, 3.05) is 6.54 Å². The molecule has 1 aromatic heterocycles. The summed E-state index contributed by atoms with van der Waals surface area (Å²) in [6.45, 7) is 3.85. The predicted octanol–water partition coefficient (Wildman–Crippen LogP) is 2.95. The summed E-state index contributed by atoms with van der Waals surface area (Å²) < 4.78 is 5.25. The van der Waals surface area contributed by atoms with Crippen LogP contribution in [0.2, 0.25) is 0 Å². The van der Waals surface area contributed by atoms with Gasteiger partial charge in [-0.2, -0.15) is 0 Å². The number of carbonyl (C=O) groups is 2. The van der Waals surface area contributed by atoms with Crippen LogP contribution in [0, 0.1) is 12.8 Å². The van der Waals surface area contributed by atoms with E-state index in [1.807, 2.05) is 30.3 Å². The van der Waals surface area contributed by atoms with Crippen molar-refractivity contribution >= 4 is 11.9 Å². The van der Waals surface area contributed by atoms with Crippen LogP contribution in [0.3, 0.4) is 0 Å². The molecule has 0 bridgehead atoms. The Morgan fingerprint density at radius 2 is 1.91 bits per heavy atom. The first kappa shape index (κ1) is 15.8. The molecule has 0 spiro atoms. The first-order valence-electron chi connectivity index (χ1n) is 7.09. The highest BCUT2D eigenvalue weighted by molar-refractivity contribution is 5.93. The minimum atomic E-state index is -0.929. The van der Waals surface area contributed by atoms with Crippen LogP contribution in [0.5, 0.6) is 0 Å². The van der Waals surface area contributed by atoms with Crippen molar-refractivity contribution in [1.29, 1.82) is 0 Å². The second-order valence-corrected chi connectivity index (χ2v) is 5.34.